The van der Waals surface area contributed by atoms with E-state index in [4.69, 9.17) is 15.2 Å². The Morgan fingerprint density at radius 1 is 1.06 bits per heavy atom. The molecule has 33 heavy (non-hydrogen) atoms. The quantitative estimate of drug-likeness (QED) is 0.608. The van der Waals surface area contributed by atoms with Gasteiger partial charge in [0.25, 0.3) is 0 Å². The van der Waals surface area contributed by atoms with Crippen LogP contribution in [0.1, 0.15) is 31.9 Å². The molecule has 7 nitrogen and oxygen atoms in total. The van der Waals surface area contributed by atoms with Gasteiger partial charge < -0.3 is 20.1 Å². The van der Waals surface area contributed by atoms with E-state index in [-0.39, 0.29) is 14.7 Å². The van der Waals surface area contributed by atoms with Gasteiger partial charge in [-0.1, -0.05) is 51.0 Å². The highest BCUT2D eigenvalue weighted by Gasteiger charge is 2.22. The molecule has 1 atom stereocenters. The van der Waals surface area contributed by atoms with Gasteiger partial charge in [-0.25, -0.2) is 9.79 Å². The first-order valence-corrected chi connectivity index (χ1v) is 12.0. The van der Waals surface area contributed by atoms with E-state index < -0.39 is 11.5 Å². The van der Waals surface area contributed by atoms with E-state index >= 15 is 0 Å². The Kier molecular flexibility index (Phi) is 8.23. The summed E-state index contributed by atoms with van der Waals surface area (Å²) in [6.07, 6.45) is 2.42. The Balaban J connectivity index is 1.65. The zero-order chi connectivity index (χ0) is 23.8. The molecule has 1 aliphatic heterocycles. The number of benzene rings is 2. The lowest BCUT2D eigenvalue weighted by Crippen LogP contribution is -2.37. The largest absolute Gasteiger partial charge is 0.444 e. The molecule has 174 valence electrons. The molecule has 0 aliphatic carbocycles. The number of amides is 2. The average Bonchev–Trinajstić information content (AvgIpc) is 2.77. The van der Waals surface area contributed by atoms with E-state index in [1.165, 1.54) is 6.20 Å². The number of hydrogen-bond donors (Lipinski definition) is 1. The van der Waals surface area contributed by atoms with Crippen molar-refractivity contribution in [2.45, 2.75) is 39.3 Å². The predicted molar refractivity (Wildman–Crippen MR) is 132 cm³/mol. The zero-order valence-corrected chi connectivity index (χ0v) is 20.2. The fourth-order valence-electron chi connectivity index (χ4n) is 3.10. The molecule has 8 heteroatoms. The van der Waals surface area contributed by atoms with Crippen LogP contribution in [0.25, 0.3) is 0 Å². The normalized spacial score (nSPS) is 14.3. The van der Waals surface area contributed by atoms with E-state index in [0.717, 1.165) is 17.5 Å². The molecular weight excluding hydrogens is 437 g/mol. The second-order valence-corrected chi connectivity index (χ2v) is 9.91. The second-order valence-electron chi connectivity index (χ2n) is 8.67. The van der Waals surface area contributed by atoms with Gasteiger partial charge in [0.2, 0.25) is 5.91 Å². The highest BCUT2D eigenvalue weighted by molar-refractivity contribution is 7.46. The first kappa shape index (κ1) is 24.5. The Morgan fingerprint density at radius 2 is 1.76 bits per heavy atom. The van der Waals surface area contributed by atoms with Crippen molar-refractivity contribution in [2.75, 3.05) is 12.7 Å². The lowest BCUT2D eigenvalue weighted by molar-refractivity contribution is -0.113. The van der Waals surface area contributed by atoms with Gasteiger partial charge in [-0.3, -0.25) is 4.79 Å². The minimum atomic E-state index is -0.565. The molecule has 0 bridgehead atoms. The number of carbonyl (C=O) groups is 2. The van der Waals surface area contributed by atoms with Gasteiger partial charge in [-0.15, -0.1) is 0 Å². The third-order valence-electron chi connectivity index (χ3n) is 4.73. The first-order valence-electron chi connectivity index (χ1n) is 10.8. The van der Waals surface area contributed by atoms with E-state index in [9.17, 15) is 9.59 Å². The summed E-state index contributed by atoms with van der Waals surface area (Å²) in [5.74, 6) is 0.748. The van der Waals surface area contributed by atoms with Crippen molar-refractivity contribution in [3.8, 4) is 5.75 Å². The van der Waals surface area contributed by atoms with E-state index in [0.29, 0.717) is 36.2 Å². The van der Waals surface area contributed by atoms with Crippen molar-refractivity contribution < 1.29 is 19.1 Å². The fraction of sp³-hybridized carbons (Fsp3) is 0.320. The number of rotatable bonds is 7. The van der Waals surface area contributed by atoms with Crippen LogP contribution in [0.3, 0.4) is 0 Å². The number of hydrogen-bond acceptors (Lipinski definition) is 5. The third kappa shape index (κ3) is 8.03. The number of aliphatic imine (C=N–C) groups is 1. The highest BCUT2D eigenvalue weighted by Crippen LogP contribution is 2.27. The molecule has 1 heterocycles. The monoisotopic (exact) mass is 467 g/mol. The summed E-state index contributed by atoms with van der Waals surface area (Å²) in [6, 6.07) is 17.6. The molecule has 0 saturated heterocycles. The fourth-order valence-corrected chi connectivity index (χ4v) is 3.94. The summed E-state index contributed by atoms with van der Waals surface area (Å²) < 4.78 is 11.4. The summed E-state index contributed by atoms with van der Waals surface area (Å²) >= 11 is 0. The molecule has 2 N–H and O–H groups in total. The Hall–Kier alpha value is -3.18. The Labute approximate surface area is 196 Å². The van der Waals surface area contributed by atoms with Crippen LogP contribution in [-0.4, -0.2) is 41.1 Å². The summed E-state index contributed by atoms with van der Waals surface area (Å²) in [4.78, 5) is 29.9. The second kappa shape index (κ2) is 11.1. The molecule has 0 aromatic heterocycles. The molecule has 1 unspecified atom stereocenters. The smallest absolute Gasteiger partial charge is 0.410 e. The number of ether oxygens (including phenoxy) is 2. The topological polar surface area (TPSA) is 94.2 Å². The lowest BCUT2D eigenvalue weighted by atomic mass is 10.1. The van der Waals surface area contributed by atoms with Crippen LogP contribution >= 0.6 is 8.58 Å². The molecule has 2 amide bonds. The average molecular weight is 468 g/mol. The van der Waals surface area contributed by atoms with Crippen molar-refractivity contribution in [1.29, 1.82) is 0 Å². The molecule has 3 rings (SSSR count). The minimum Gasteiger partial charge on any atom is -0.444 e. The number of carbonyl (C=O) groups excluding carboxylic acids is 2. The van der Waals surface area contributed by atoms with E-state index in [1.807, 2.05) is 63.2 Å². The minimum absolute atomic E-state index is 0.252. The maximum Gasteiger partial charge on any atom is 0.410 e. The summed E-state index contributed by atoms with van der Waals surface area (Å²) in [5.41, 5.74) is 6.85. The van der Waals surface area contributed by atoms with Gasteiger partial charge in [0.15, 0.2) is 5.90 Å². The van der Waals surface area contributed by atoms with Crippen LogP contribution in [0.5, 0.6) is 5.75 Å². The molecule has 1 aliphatic rings. The van der Waals surface area contributed by atoms with Gasteiger partial charge in [-0.2, -0.15) is 0 Å². The molecule has 0 spiro atoms. The SMILES string of the molecule is CC(C)(C)OC(=O)N(CCc1ccccc1)Cc1ccc(OC2=NC=C(C(N)=O)PC2)cc1. The number of primary amides is 1. The van der Waals surface area contributed by atoms with Crippen LogP contribution in [-0.2, 0) is 22.5 Å². The molecular formula is C25H30N3O4P. The predicted octanol–water partition coefficient (Wildman–Crippen LogP) is 4.46. The Morgan fingerprint density at radius 3 is 2.33 bits per heavy atom. The van der Waals surface area contributed by atoms with Crippen molar-refractivity contribution in [3.05, 3.63) is 77.2 Å². The van der Waals surface area contributed by atoms with Gasteiger partial charge in [0.1, 0.15) is 11.4 Å². The van der Waals surface area contributed by atoms with Crippen molar-refractivity contribution in [3.63, 3.8) is 0 Å². The van der Waals surface area contributed by atoms with Crippen LogP contribution in [0.15, 0.2) is 71.1 Å². The molecule has 0 fully saturated rings. The van der Waals surface area contributed by atoms with Crippen LogP contribution < -0.4 is 10.5 Å². The number of nitrogens with two attached hydrogens (primary N) is 1. The van der Waals surface area contributed by atoms with Crippen molar-refractivity contribution in [2.24, 2.45) is 10.7 Å². The van der Waals surface area contributed by atoms with Gasteiger partial charge in [0, 0.05) is 25.5 Å². The molecule has 2 aromatic carbocycles. The van der Waals surface area contributed by atoms with Crippen LogP contribution in [0.4, 0.5) is 4.79 Å². The summed E-state index contributed by atoms with van der Waals surface area (Å²) in [5, 5.41) is 0.524. The van der Waals surface area contributed by atoms with Crippen molar-refractivity contribution in [1.82, 2.24) is 4.90 Å². The zero-order valence-electron chi connectivity index (χ0n) is 19.2. The maximum atomic E-state index is 12.8. The maximum absolute atomic E-state index is 12.8. The Bertz CT molecular complexity index is 1030. The van der Waals surface area contributed by atoms with Crippen molar-refractivity contribution >= 4 is 26.5 Å². The lowest BCUT2D eigenvalue weighted by Gasteiger charge is -2.27. The van der Waals surface area contributed by atoms with E-state index in [1.54, 1.807) is 4.90 Å². The van der Waals surface area contributed by atoms with Gasteiger partial charge >= 0.3 is 6.09 Å². The van der Waals surface area contributed by atoms with Crippen LogP contribution in [0, 0.1) is 0 Å². The first-order chi connectivity index (χ1) is 15.7. The third-order valence-corrected chi connectivity index (χ3v) is 5.97. The van der Waals surface area contributed by atoms with E-state index in [2.05, 4.69) is 17.1 Å². The van der Waals surface area contributed by atoms with Gasteiger partial charge in [-0.05, 0) is 50.5 Å². The molecule has 2 aromatic rings. The summed E-state index contributed by atoms with van der Waals surface area (Å²) in [6.45, 7) is 6.56. The summed E-state index contributed by atoms with van der Waals surface area (Å²) in [7, 11) is 0.252. The number of nitrogens with zero attached hydrogens (tertiary/aromatic N) is 2. The highest BCUT2D eigenvalue weighted by atomic mass is 31.1. The van der Waals surface area contributed by atoms with Gasteiger partial charge in [0.05, 0.1) is 5.31 Å². The molecule has 0 saturated carbocycles. The van der Waals surface area contributed by atoms with Crippen LogP contribution in [0.2, 0.25) is 0 Å². The standard InChI is InChI=1S/C25H30N3O4P/c1-25(2,3)32-24(30)28(14-13-18-7-5-4-6-8-18)16-19-9-11-20(12-10-19)31-22-17-33-21(15-27-22)23(26)29/h4-12,15,33H,13-14,16-17H2,1-3H3,(H2,26,29). The molecule has 0 radical (unpaired) electrons.